The summed E-state index contributed by atoms with van der Waals surface area (Å²) in [6, 6.07) is 2.10. The van der Waals surface area contributed by atoms with E-state index >= 15 is 0 Å². The molecular weight excluding hydrogens is 257 g/mol. The van der Waals surface area contributed by atoms with Crippen LogP contribution in [0.4, 0.5) is 4.39 Å². The summed E-state index contributed by atoms with van der Waals surface area (Å²) >= 11 is 0. The predicted molar refractivity (Wildman–Crippen MR) is 73.5 cm³/mol. The molecule has 0 aromatic carbocycles. The first-order chi connectivity index (χ1) is 9.63. The van der Waals surface area contributed by atoms with Crippen LogP contribution in [0.2, 0.25) is 0 Å². The third-order valence-electron chi connectivity index (χ3n) is 4.92. The Balaban J connectivity index is 1.79. The number of carbonyl (C=O) groups is 1. The molecule has 0 aliphatic heterocycles. The van der Waals surface area contributed by atoms with E-state index in [1.807, 2.05) is 0 Å². The highest BCUT2D eigenvalue weighted by Gasteiger charge is 2.35. The maximum absolute atomic E-state index is 13.9. The molecule has 20 heavy (non-hydrogen) atoms. The number of esters is 1. The number of rotatable bonds is 3. The van der Waals surface area contributed by atoms with Crippen molar-refractivity contribution in [3.05, 3.63) is 0 Å². The second-order valence-electron chi connectivity index (χ2n) is 6.26. The summed E-state index contributed by atoms with van der Waals surface area (Å²) in [7, 11) is 0. The summed E-state index contributed by atoms with van der Waals surface area (Å²) in [6.07, 6.45) is 4.60. The lowest BCUT2D eigenvalue weighted by atomic mass is 9.81. The zero-order chi connectivity index (χ0) is 14.5. The molecule has 3 atom stereocenters. The number of nitrogens with zero attached hydrogens (tertiary/aromatic N) is 1. The lowest BCUT2D eigenvalue weighted by Crippen LogP contribution is -2.36. The first-order valence-corrected chi connectivity index (χ1v) is 7.88. The Morgan fingerprint density at radius 2 is 1.95 bits per heavy atom. The van der Waals surface area contributed by atoms with Crippen LogP contribution in [0.25, 0.3) is 0 Å². The Labute approximate surface area is 120 Å². The third-order valence-corrected chi connectivity index (χ3v) is 4.92. The van der Waals surface area contributed by atoms with Crippen molar-refractivity contribution in [2.45, 2.75) is 70.6 Å². The smallest absolute Gasteiger partial charge is 0.309 e. The fourth-order valence-electron chi connectivity index (χ4n) is 3.39. The number of nitriles is 1. The van der Waals surface area contributed by atoms with Gasteiger partial charge in [-0.05, 0) is 50.9 Å². The second kappa shape index (κ2) is 7.06. The highest BCUT2D eigenvalue weighted by atomic mass is 19.1. The van der Waals surface area contributed by atoms with Gasteiger partial charge in [-0.15, -0.1) is 0 Å². The molecule has 0 aromatic heterocycles. The van der Waals surface area contributed by atoms with Gasteiger partial charge in [0.2, 0.25) is 0 Å². The monoisotopic (exact) mass is 281 g/mol. The molecule has 0 heterocycles. The molecule has 0 amide bonds. The summed E-state index contributed by atoms with van der Waals surface area (Å²) in [5.41, 5.74) is 0. The summed E-state index contributed by atoms with van der Waals surface area (Å²) < 4.78 is 19.3. The zero-order valence-corrected chi connectivity index (χ0v) is 12.2. The quantitative estimate of drug-likeness (QED) is 0.740. The standard InChI is InChI=1S/C16H24FNO2/c1-2-11-3-6-13(7-4-11)16(19)20-15-8-5-12(10-18)9-14(15)17/h11-15H,2-9H2,1H3. The van der Waals surface area contributed by atoms with Crippen LogP contribution in [-0.2, 0) is 9.53 Å². The predicted octanol–water partition coefficient (Wildman–Crippen LogP) is 3.78. The van der Waals surface area contributed by atoms with E-state index in [4.69, 9.17) is 10.00 Å². The summed E-state index contributed by atoms with van der Waals surface area (Å²) in [5, 5.41) is 8.80. The van der Waals surface area contributed by atoms with Crippen molar-refractivity contribution in [3.63, 3.8) is 0 Å². The molecule has 4 heteroatoms. The lowest BCUT2D eigenvalue weighted by molar-refractivity contribution is -0.161. The third kappa shape index (κ3) is 3.71. The maximum Gasteiger partial charge on any atom is 0.309 e. The van der Waals surface area contributed by atoms with E-state index in [9.17, 15) is 9.18 Å². The molecule has 2 fully saturated rings. The van der Waals surface area contributed by atoms with Gasteiger partial charge in [0.1, 0.15) is 12.3 Å². The molecule has 3 unspecified atom stereocenters. The van der Waals surface area contributed by atoms with Crippen molar-refractivity contribution in [1.82, 2.24) is 0 Å². The topological polar surface area (TPSA) is 50.1 Å². The molecule has 2 saturated carbocycles. The van der Waals surface area contributed by atoms with Crippen molar-refractivity contribution in [2.75, 3.05) is 0 Å². The van der Waals surface area contributed by atoms with Gasteiger partial charge in [0.25, 0.3) is 0 Å². The van der Waals surface area contributed by atoms with Crippen LogP contribution in [0.3, 0.4) is 0 Å². The summed E-state index contributed by atoms with van der Waals surface area (Å²) in [5.74, 6) is 0.250. The van der Waals surface area contributed by atoms with Crippen LogP contribution in [0.5, 0.6) is 0 Å². The van der Waals surface area contributed by atoms with Gasteiger partial charge in [0.15, 0.2) is 0 Å². The van der Waals surface area contributed by atoms with Crippen LogP contribution in [-0.4, -0.2) is 18.2 Å². The number of hydrogen-bond acceptors (Lipinski definition) is 3. The maximum atomic E-state index is 13.9. The molecule has 0 radical (unpaired) electrons. The van der Waals surface area contributed by atoms with E-state index in [-0.39, 0.29) is 24.2 Å². The fraction of sp³-hybridized carbons (Fsp3) is 0.875. The van der Waals surface area contributed by atoms with E-state index in [0.29, 0.717) is 12.8 Å². The van der Waals surface area contributed by atoms with Crippen LogP contribution in [0, 0.1) is 29.1 Å². The van der Waals surface area contributed by atoms with Gasteiger partial charge in [-0.25, -0.2) is 4.39 Å². The van der Waals surface area contributed by atoms with Crippen LogP contribution >= 0.6 is 0 Å². The van der Waals surface area contributed by atoms with Crippen LogP contribution in [0.15, 0.2) is 0 Å². The highest BCUT2D eigenvalue weighted by molar-refractivity contribution is 5.72. The average Bonchev–Trinajstić information content (AvgIpc) is 2.49. The first-order valence-electron chi connectivity index (χ1n) is 7.88. The minimum atomic E-state index is -1.18. The molecule has 2 aliphatic carbocycles. The van der Waals surface area contributed by atoms with E-state index < -0.39 is 12.3 Å². The second-order valence-corrected chi connectivity index (χ2v) is 6.26. The van der Waals surface area contributed by atoms with Crippen molar-refractivity contribution in [1.29, 1.82) is 5.26 Å². The molecule has 0 spiro atoms. The fourth-order valence-corrected chi connectivity index (χ4v) is 3.39. The molecule has 0 aromatic rings. The average molecular weight is 281 g/mol. The van der Waals surface area contributed by atoms with Gasteiger partial charge in [-0.3, -0.25) is 4.79 Å². The normalized spacial score (nSPS) is 38.0. The molecular formula is C16H24FNO2. The number of carbonyl (C=O) groups excluding carboxylic acids is 1. The molecule has 0 saturated heterocycles. The SMILES string of the molecule is CCC1CCC(C(=O)OC2CCC(C#N)CC2F)CC1. The Bertz CT molecular complexity index is 371. The van der Waals surface area contributed by atoms with Crippen molar-refractivity contribution in [3.8, 4) is 6.07 Å². The molecule has 112 valence electrons. The van der Waals surface area contributed by atoms with Gasteiger partial charge in [-0.1, -0.05) is 13.3 Å². The van der Waals surface area contributed by atoms with Gasteiger partial charge in [-0.2, -0.15) is 5.26 Å². The minimum absolute atomic E-state index is 0.0429. The van der Waals surface area contributed by atoms with E-state index in [1.165, 1.54) is 6.42 Å². The van der Waals surface area contributed by atoms with Crippen molar-refractivity contribution >= 4 is 5.97 Å². The summed E-state index contributed by atoms with van der Waals surface area (Å²) in [6.45, 7) is 2.19. The van der Waals surface area contributed by atoms with Gasteiger partial charge in [0, 0.05) is 5.92 Å². The van der Waals surface area contributed by atoms with Crippen molar-refractivity contribution in [2.24, 2.45) is 17.8 Å². The Morgan fingerprint density at radius 3 is 2.50 bits per heavy atom. The minimum Gasteiger partial charge on any atom is -0.459 e. The Hall–Kier alpha value is -1.11. The molecule has 2 aliphatic rings. The number of ether oxygens (including phenoxy) is 1. The van der Waals surface area contributed by atoms with Gasteiger partial charge in [0.05, 0.1) is 12.0 Å². The van der Waals surface area contributed by atoms with Crippen molar-refractivity contribution < 1.29 is 13.9 Å². The van der Waals surface area contributed by atoms with E-state index in [1.54, 1.807) is 0 Å². The van der Waals surface area contributed by atoms with Gasteiger partial charge >= 0.3 is 5.97 Å². The van der Waals surface area contributed by atoms with Crippen LogP contribution < -0.4 is 0 Å². The van der Waals surface area contributed by atoms with Crippen LogP contribution in [0.1, 0.15) is 58.3 Å². The largest absolute Gasteiger partial charge is 0.459 e. The molecule has 0 N–H and O–H groups in total. The van der Waals surface area contributed by atoms with Gasteiger partial charge < -0.3 is 4.74 Å². The number of alkyl halides is 1. The zero-order valence-electron chi connectivity index (χ0n) is 12.2. The van der Waals surface area contributed by atoms with E-state index in [0.717, 1.165) is 31.6 Å². The summed E-state index contributed by atoms with van der Waals surface area (Å²) in [4.78, 5) is 12.1. The molecule has 3 nitrogen and oxygen atoms in total. The lowest BCUT2D eigenvalue weighted by Gasteiger charge is -2.31. The highest BCUT2D eigenvalue weighted by Crippen LogP contribution is 2.33. The number of hydrogen-bond donors (Lipinski definition) is 0. The molecule has 2 rings (SSSR count). The number of halogens is 1. The molecule has 0 bridgehead atoms. The Morgan fingerprint density at radius 1 is 1.25 bits per heavy atom. The van der Waals surface area contributed by atoms with E-state index in [2.05, 4.69) is 13.0 Å². The Kier molecular flexibility index (Phi) is 5.39. The first kappa shape index (κ1) is 15.3.